The average molecular weight is 402 g/mol. The largest absolute Gasteiger partial charge is 0.496 e. The summed E-state index contributed by atoms with van der Waals surface area (Å²) in [6.45, 7) is 3.50. The summed E-state index contributed by atoms with van der Waals surface area (Å²) in [5, 5.41) is 13.7. The number of benzene rings is 2. The van der Waals surface area contributed by atoms with Gasteiger partial charge in [-0.1, -0.05) is 12.1 Å². The number of hydrogen-bond acceptors (Lipinski definition) is 6. The van der Waals surface area contributed by atoms with Gasteiger partial charge in [0.15, 0.2) is 0 Å². The first-order valence-corrected chi connectivity index (χ1v) is 9.26. The number of anilines is 1. The molecule has 0 radical (unpaired) electrons. The number of nitrogens with one attached hydrogen (secondary N) is 1. The van der Waals surface area contributed by atoms with Crippen LogP contribution in [0.2, 0.25) is 0 Å². The van der Waals surface area contributed by atoms with Crippen LogP contribution in [0.3, 0.4) is 0 Å². The van der Waals surface area contributed by atoms with Crippen molar-refractivity contribution in [3.05, 3.63) is 64.0 Å². The molecule has 8 nitrogen and oxygen atoms in total. The second-order valence-corrected chi connectivity index (χ2v) is 6.83. The van der Waals surface area contributed by atoms with E-state index in [0.717, 1.165) is 18.7 Å². The molecular formula is C20H23FN4O4. The fourth-order valence-electron chi connectivity index (χ4n) is 3.35. The maximum atomic E-state index is 13.5. The first-order valence-electron chi connectivity index (χ1n) is 9.26. The zero-order valence-corrected chi connectivity index (χ0v) is 16.1. The Morgan fingerprint density at radius 3 is 2.55 bits per heavy atom. The van der Waals surface area contributed by atoms with Crippen molar-refractivity contribution < 1.29 is 18.8 Å². The summed E-state index contributed by atoms with van der Waals surface area (Å²) in [7, 11) is 1.56. The minimum absolute atomic E-state index is 0.130. The topological polar surface area (TPSA) is 88.0 Å². The van der Waals surface area contributed by atoms with Gasteiger partial charge in [-0.05, 0) is 24.3 Å². The van der Waals surface area contributed by atoms with Gasteiger partial charge in [-0.25, -0.2) is 4.39 Å². The zero-order valence-electron chi connectivity index (χ0n) is 16.1. The number of para-hydroxylation sites is 2. The van der Waals surface area contributed by atoms with Gasteiger partial charge in [0, 0.05) is 44.4 Å². The van der Waals surface area contributed by atoms with Gasteiger partial charge in [0.25, 0.3) is 5.69 Å². The van der Waals surface area contributed by atoms with Crippen molar-refractivity contribution in [2.24, 2.45) is 0 Å². The van der Waals surface area contributed by atoms with Crippen LogP contribution in [0, 0.1) is 15.9 Å². The number of rotatable bonds is 7. The van der Waals surface area contributed by atoms with Gasteiger partial charge >= 0.3 is 0 Å². The van der Waals surface area contributed by atoms with Crippen molar-refractivity contribution in [3.63, 3.8) is 0 Å². The second-order valence-electron chi connectivity index (χ2n) is 6.83. The van der Waals surface area contributed by atoms with E-state index in [1.165, 1.54) is 24.3 Å². The Labute approximate surface area is 168 Å². The van der Waals surface area contributed by atoms with E-state index >= 15 is 0 Å². The van der Waals surface area contributed by atoms with Crippen LogP contribution in [0.4, 0.5) is 15.8 Å². The van der Waals surface area contributed by atoms with Crippen molar-refractivity contribution in [3.8, 4) is 5.75 Å². The lowest BCUT2D eigenvalue weighted by atomic mass is 10.1. The van der Waals surface area contributed by atoms with Gasteiger partial charge in [-0.3, -0.25) is 24.7 Å². The van der Waals surface area contributed by atoms with E-state index in [-0.39, 0.29) is 29.6 Å². The van der Waals surface area contributed by atoms with E-state index in [4.69, 9.17) is 4.74 Å². The number of hydrogen-bond donors (Lipinski definition) is 1. The molecule has 29 heavy (non-hydrogen) atoms. The third kappa shape index (κ3) is 5.49. The van der Waals surface area contributed by atoms with Gasteiger partial charge < -0.3 is 10.1 Å². The Balaban J connectivity index is 1.51. The summed E-state index contributed by atoms with van der Waals surface area (Å²) in [6, 6.07) is 10.5. The number of amides is 1. The normalized spacial score (nSPS) is 15.1. The lowest BCUT2D eigenvalue weighted by Gasteiger charge is -2.34. The number of piperazine rings is 1. The van der Waals surface area contributed by atoms with Crippen LogP contribution in [0.5, 0.6) is 5.75 Å². The molecule has 0 unspecified atom stereocenters. The van der Waals surface area contributed by atoms with Crippen LogP contribution in [-0.2, 0) is 11.3 Å². The highest BCUT2D eigenvalue weighted by Crippen LogP contribution is 2.23. The van der Waals surface area contributed by atoms with E-state index < -0.39 is 4.92 Å². The molecule has 1 saturated heterocycles. The molecule has 2 aromatic carbocycles. The standard InChI is InChI=1S/C20H23FN4O4/c1-29-19-7-6-16(21)12-15(19)13-23-8-10-24(11-9-23)14-20(26)22-17-4-2-3-5-18(17)25(27)28/h2-7,12H,8-11,13-14H2,1H3,(H,22,26). The van der Waals surface area contributed by atoms with Gasteiger partial charge in [-0.2, -0.15) is 0 Å². The molecule has 0 spiro atoms. The monoisotopic (exact) mass is 402 g/mol. The summed E-state index contributed by atoms with van der Waals surface area (Å²) >= 11 is 0. The van der Waals surface area contributed by atoms with Crippen molar-refractivity contribution >= 4 is 17.3 Å². The molecule has 3 rings (SSSR count). The van der Waals surface area contributed by atoms with Crippen LogP contribution in [0.25, 0.3) is 0 Å². The Morgan fingerprint density at radius 1 is 1.17 bits per heavy atom. The fourth-order valence-corrected chi connectivity index (χ4v) is 3.35. The Bertz CT molecular complexity index is 885. The molecule has 1 aliphatic rings. The molecule has 1 N–H and O–H groups in total. The predicted molar refractivity (Wildman–Crippen MR) is 106 cm³/mol. The maximum Gasteiger partial charge on any atom is 0.292 e. The Morgan fingerprint density at radius 2 is 1.86 bits per heavy atom. The molecule has 2 aromatic rings. The van der Waals surface area contributed by atoms with Crippen molar-refractivity contribution in [1.29, 1.82) is 0 Å². The molecule has 0 bridgehead atoms. The highest BCUT2D eigenvalue weighted by atomic mass is 19.1. The van der Waals surface area contributed by atoms with Crippen molar-refractivity contribution in [2.45, 2.75) is 6.54 Å². The minimum Gasteiger partial charge on any atom is -0.496 e. The molecule has 1 heterocycles. The molecule has 0 aliphatic carbocycles. The Kier molecular flexibility index (Phi) is 6.73. The lowest BCUT2D eigenvalue weighted by molar-refractivity contribution is -0.383. The molecule has 1 fully saturated rings. The first kappa shape index (κ1) is 20.7. The summed E-state index contributed by atoms with van der Waals surface area (Å²) < 4.78 is 18.8. The molecular weight excluding hydrogens is 379 g/mol. The number of carbonyl (C=O) groups is 1. The lowest BCUT2D eigenvalue weighted by Crippen LogP contribution is -2.48. The first-order chi connectivity index (χ1) is 14.0. The third-order valence-electron chi connectivity index (χ3n) is 4.84. The highest BCUT2D eigenvalue weighted by molar-refractivity contribution is 5.94. The number of ether oxygens (including phenoxy) is 1. The second kappa shape index (κ2) is 9.44. The third-order valence-corrected chi connectivity index (χ3v) is 4.84. The quantitative estimate of drug-likeness (QED) is 0.566. The van der Waals surface area contributed by atoms with E-state index in [9.17, 15) is 19.3 Å². The van der Waals surface area contributed by atoms with E-state index in [1.54, 1.807) is 25.3 Å². The summed E-state index contributed by atoms with van der Waals surface area (Å²) in [5.74, 6) is 0.0586. The highest BCUT2D eigenvalue weighted by Gasteiger charge is 2.21. The summed E-state index contributed by atoms with van der Waals surface area (Å²) in [6.07, 6.45) is 0. The van der Waals surface area contributed by atoms with Gasteiger partial charge in [0.05, 0.1) is 18.6 Å². The number of nitrogens with zero attached hydrogens (tertiary/aromatic N) is 3. The van der Waals surface area contributed by atoms with Crippen LogP contribution >= 0.6 is 0 Å². The predicted octanol–water partition coefficient (Wildman–Crippen LogP) is 2.50. The van der Waals surface area contributed by atoms with E-state index in [1.807, 2.05) is 4.90 Å². The number of nitro groups is 1. The van der Waals surface area contributed by atoms with Crippen molar-refractivity contribution in [1.82, 2.24) is 9.80 Å². The molecule has 0 aromatic heterocycles. The number of halogens is 1. The molecule has 154 valence electrons. The molecule has 1 aliphatic heterocycles. The van der Waals surface area contributed by atoms with Crippen LogP contribution in [-0.4, -0.2) is 60.5 Å². The zero-order chi connectivity index (χ0) is 20.8. The SMILES string of the molecule is COc1ccc(F)cc1CN1CCN(CC(=O)Nc2ccccc2[N+](=O)[O-])CC1. The van der Waals surface area contributed by atoms with E-state index in [2.05, 4.69) is 10.2 Å². The molecule has 0 atom stereocenters. The van der Waals surface area contributed by atoms with Crippen LogP contribution in [0.1, 0.15) is 5.56 Å². The average Bonchev–Trinajstić information content (AvgIpc) is 2.70. The molecule has 9 heteroatoms. The number of carbonyl (C=O) groups excluding carboxylic acids is 1. The van der Waals surface area contributed by atoms with Gasteiger partial charge in [0.2, 0.25) is 5.91 Å². The maximum absolute atomic E-state index is 13.5. The van der Waals surface area contributed by atoms with Gasteiger partial charge in [-0.15, -0.1) is 0 Å². The minimum atomic E-state index is -0.519. The summed E-state index contributed by atoms with van der Waals surface area (Å²) in [5.41, 5.74) is 0.851. The van der Waals surface area contributed by atoms with Crippen molar-refractivity contribution in [2.75, 3.05) is 45.2 Å². The molecule has 0 saturated carbocycles. The Hall–Kier alpha value is -3.04. The van der Waals surface area contributed by atoms with Gasteiger partial charge in [0.1, 0.15) is 17.3 Å². The van der Waals surface area contributed by atoms with Crippen LogP contribution in [0.15, 0.2) is 42.5 Å². The summed E-state index contributed by atoms with van der Waals surface area (Å²) in [4.78, 5) is 27.0. The van der Waals surface area contributed by atoms with Crippen LogP contribution < -0.4 is 10.1 Å². The fraction of sp³-hybridized carbons (Fsp3) is 0.350. The van der Waals surface area contributed by atoms with E-state index in [0.29, 0.717) is 25.4 Å². The number of methoxy groups -OCH3 is 1. The smallest absolute Gasteiger partial charge is 0.292 e. The number of nitro benzene ring substituents is 1. The molecule has 1 amide bonds.